The summed E-state index contributed by atoms with van der Waals surface area (Å²) in [6.45, 7) is 6.06. The maximum atomic E-state index is 11.8. The predicted octanol–water partition coefficient (Wildman–Crippen LogP) is 4.13. The Labute approximate surface area is 106 Å². The molecule has 0 fully saturated rings. The zero-order chi connectivity index (χ0) is 12.1. The van der Waals surface area contributed by atoms with Crippen LogP contribution in [0.1, 0.15) is 32.3 Å². The average molecular weight is 284 g/mol. The Morgan fingerprint density at radius 1 is 1.50 bits per heavy atom. The molecular weight excluding hydrogens is 266 g/mol. The number of hydrogen-bond acceptors (Lipinski definition) is 1. The Balaban J connectivity index is 2.66. The van der Waals surface area contributed by atoms with E-state index in [9.17, 15) is 4.79 Å². The zero-order valence-corrected chi connectivity index (χ0v) is 11.6. The van der Waals surface area contributed by atoms with Gasteiger partial charge in [-0.3, -0.25) is 4.79 Å². The minimum absolute atomic E-state index is 0.0777. The molecule has 1 unspecified atom stereocenters. The van der Waals surface area contributed by atoms with Crippen LogP contribution in [0.25, 0.3) is 0 Å². The lowest BCUT2D eigenvalue weighted by Crippen LogP contribution is -2.20. The fourth-order valence-electron chi connectivity index (χ4n) is 1.55. The number of carbonyl (C=O) groups is 1. The molecule has 1 atom stereocenters. The Kier molecular flexibility index (Phi) is 5.00. The van der Waals surface area contributed by atoms with Crippen molar-refractivity contribution in [2.75, 3.05) is 5.32 Å². The standard InChI is InChI=1S/C13H18BrNO/c1-4-5-9(2)13(16)15-11-6-7-12(14)10(3)8-11/h6-9H,4-5H2,1-3H3,(H,15,16). The van der Waals surface area contributed by atoms with Gasteiger partial charge in [0, 0.05) is 16.1 Å². The van der Waals surface area contributed by atoms with Crippen LogP contribution in [0.3, 0.4) is 0 Å². The highest BCUT2D eigenvalue weighted by Gasteiger charge is 2.11. The summed E-state index contributed by atoms with van der Waals surface area (Å²) in [6, 6.07) is 5.84. The third-order valence-corrected chi connectivity index (χ3v) is 3.48. The third-order valence-electron chi connectivity index (χ3n) is 2.59. The van der Waals surface area contributed by atoms with Crippen molar-refractivity contribution in [2.24, 2.45) is 5.92 Å². The molecule has 0 saturated heterocycles. The number of aryl methyl sites for hydroxylation is 1. The van der Waals surface area contributed by atoms with Crippen molar-refractivity contribution in [3.8, 4) is 0 Å². The van der Waals surface area contributed by atoms with Gasteiger partial charge in [-0.05, 0) is 37.1 Å². The van der Waals surface area contributed by atoms with Gasteiger partial charge in [-0.25, -0.2) is 0 Å². The summed E-state index contributed by atoms with van der Waals surface area (Å²) < 4.78 is 1.06. The number of amides is 1. The molecular formula is C13H18BrNO. The fourth-order valence-corrected chi connectivity index (χ4v) is 1.80. The van der Waals surface area contributed by atoms with Gasteiger partial charge < -0.3 is 5.32 Å². The van der Waals surface area contributed by atoms with E-state index in [0.29, 0.717) is 0 Å². The van der Waals surface area contributed by atoms with Gasteiger partial charge in [0.15, 0.2) is 0 Å². The van der Waals surface area contributed by atoms with Crippen molar-refractivity contribution >= 4 is 27.5 Å². The van der Waals surface area contributed by atoms with Crippen LogP contribution < -0.4 is 5.32 Å². The van der Waals surface area contributed by atoms with E-state index >= 15 is 0 Å². The van der Waals surface area contributed by atoms with Gasteiger partial charge >= 0.3 is 0 Å². The highest BCUT2D eigenvalue weighted by Crippen LogP contribution is 2.20. The lowest BCUT2D eigenvalue weighted by atomic mass is 10.1. The summed E-state index contributed by atoms with van der Waals surface area (Å²) in [4.78, 5) is 11.8. The smallest absolute Gasteiger partial charge is 0.227 e. The van der Waals surface area contributed by atoms with Crippen molar-refractivity contribution in [3.63, 3.8) is 0 Å². The fraction of sp³-hybridized carbons (Fsp3) is 0.462. The highest BCUT2D eigenvalue weighted by molar-refractivity contribution is 9.10. The summed E-state index contributed by atoms with van der Waals surface area (Å²) in [7, 11) is 0. The van der Waals surface area contributed by atoms with Crippen LogP contribution in [-0.2, 0) is 4.79 Å². The van der Waals surface area contributed by atoms with Crippen molar-refractivity contribution in [1.82, 2.24) is 0 Å². The van der Waals surface area contributed by atoms with Gasteiger partial charge in [0.25, 0.3) is 0 Å². The second kappa shape index (κ2) is 6.04. The molecule has 1 aromatic rings. The maximum absolute atomic E-state index is 11.8. The largest absolute Gasteiger partial charge is 0.326 e. The van der Waals surface area contributed by atoms with Gasteiger partial charge in [0.2, 0.25) is 5.91 Å². The molecule has 0 saturated carbocycles. The van der Waals surface area contributed by atoms with Crippen LogP contribution in [0.15, 0.2) is 22.7 Å². The Bertz CT molecular complexity index is 376. The van der Waals surface area contributed by atoms with Crippen LogP contribution in [0.4, 0.5) is 5.69 Å². The SMILES string of the molecule is CCCC(C)C(=O)Nc1ccc(Br)c(C)c1. The van der Waals surface area contributed by atoms with Gasteiger partial charge in [-0.2, -0.15) is 0 Å². The second-order valence-electron chi connectivity index (χ2n) is 4.14. The second-order valence-corrected chi connectivity index (χ2v) is 5.00. The zero-order valence-electron chi connectivity index (χ0n) is 10.0. The number of halogens is 1. The molecule has 0 aliphatic rings. The van der Waals surface area contributed by atoms with Gasteiger partial charge in [0.1, 0.15) is 0 Å². The average Bonchev–Trinajstić information content (AvgIpc) is 2.24. The molecule has 0 aliphatic carbocycles. The van der Waals surface area contributed by atoms with Gasteiger partial charge in [-0.1, -0.05) is 36.2 Å². The van der Waals surface area contributed by atoms with Gasteiger partial charge in [0.05, 0.1) is 0 Å². The van der Waals surface area contributed by atoms with E-state index in [4.69, 9.17) is 0 Å². The summed E-state index contributed by atoms with van der Waals surface area (Å²) in [5.74, 6) is 0.178. The normalized spacial score (nSPS) is 12.2. The van der Waals surface area contributed by atoms with Crippen molar-refractivity contribution in [3.05, 3.63) is 28.2 Å². The predicted molar refractivity (Wildman–Crippen MR) is 71.6 cm³/mol. The first-order valence-corrected chi connectivity index (χ1v) is 6.41. The Morgan fingerprint density at radius 2 is 2.19 bits per heavy atom. The number of carbonyl (C=O) groups excluding carboxylic acids is 1. The van der Waals surface area contributed by atoms with E-state index in [-0.39, 0.29) is 11.8 Å². The van der Waals surface area contributed by atoms with Crippen LogP contribution in [0.2, 0.25) is 0 Å². The molecule has 0 spiro atoms. The maximum Gasteiger partial charge on any atom is 0.227 e. The number of benzene rings is 1. The number of rotatable bonds is 4. The number of nitrogens with one attached hydrogen (secondary N) is 1. The van der Waals surface area contributed by atoms with E-state index in [1.54, 1.807) is 0 Å². The lowest BCUT2D eigenvalue weighted by Gasteiger charge is -2.11. The molecule has 0 bridgehead atoms. The summed E-state index contributed by atoms with van der Waals surface area (Å²) in [5.41, 5.74) is 1.99. The molecule has 1 amide bonds. The first-order valence-electron chi connectivity index (χ1n) is 5.61. The number of hydrogen-bond donors (Lipinski definition) is 1. The molecule has 0 heterocycles. The van der Waals surface area contributed by atoms with E-state index in [1.807, 2.05) is 32.0 Å². The Morgan fingerprint density at radius 3 is 2.75 bits per heavy atom. The van der Waals surface area contributed by atoms with Crippen molar-refractivity contribution < 1.29 is 4.79 Å². The minimum Gasteiger partial charge on any atom is -0.326 e. The molecule has 0 aliphatic heterocycles. The molecule has 2 nitrogen and oxygen atoms in total. The molecule has 0 radical (unpaired) electrons. The first kappa shape index (κ1) is 13.2. The molecule has 16 heavy (non-hydrogen) atoms. The topological polar surface area (TPSA) is 29.1 Å². The quantitative estimate of drug-likeness (QED) is 0.884. The van der Waals surface area contributed by atoms with Crippen LogP contribution in [0.5, 0.6) is 0 Å². The third kappa shape index (κ3) is 3.63. The number of anilines is 1. The summed E-state index contributed by atoms with van der Waals surface area (Å²) in [5, 5.41) is 2.93. The van der Waals surface area contributed by atoms with Crippen molar-refractivity contribution in [2.45, 2.75) is 33.6 Å². The highest BCUT2D eigenvalue weighted by atomic mass is 79.9. The molecule has 1 aromatic carbocycles. The van der Waals surface area contributed by atoms with E-state index in [1.165, 1.54) is 0 Å². The van der Waals surface area contributed by atoms with Crippen LogP contribution >= 0.6 is 15.9 Å². The van der Waals surface area contributed by atoms with E-state index in [2.05, 4.69) is 28.2 Å². The molecule has 0 aromatic heterocycles. The molecule has 88 valence electrons. The van der Waals surface area contributed by atoms with Crippen LogP contribution in [0, 0.1) is 12.8 Å². The minimum atomic E-state index is 0.0777. The molecule has 1 rings (SSSR count). The molecule has 3 heteroatoms. The summed E-state index contributed by atoms with van der Waals surface area (Å²) in [6.07, 6.45) is 1.97. The van der Waals surface area contributed by atoms with Crippen molar-refractivity contribution in [1.29, 1.82) is 0 Å². The van der Waals surface area contributed by atoms with E-state index < -0.39 is 0 Å². The Hall–Kier alpha value is -0.830. The summed E-state index contributed by atoms with van der Waals surface area (Å²) >= 11 is 3.44. The molecule has 1 N–H and O–H groups in total. The monoisotopic (exact) mass is 283 g/mol. The van der Waals surface area contributed by atoms with Crippen LogP contribution in [-0.4, -0.2) is 5.91 Å². The van der Waals surface area contributed by atoms with Gasteiger partial charge in [-0.15, -0.1) is 0 Å². The van der Waals surface area contributed by atoms with E-state index in [0.717, 1.165) is 28.6 Å². The first-order chi connectivity index (χ1) is 7.54. The lowest BCUT2D eigenvalue weighted by molar-refractivity contribution is -0.119.